The van der Waals surface area contributed by atoms with Gasteiger partial charge in [-0.25, -0.2) is 15.0 Å². The van der Waals surface area contributed by atoms with Crippen LogP contribution in [0.2, 0.25) is 0 Å². The number of hydrogen-bond donors (Lipinski definition) is 0. The lowest BCUT2D eigenvalue weighted by Crippen LogP contribution is -2.00. The third kappa shape index (κ3) is 7.22. The zero-order chi connectivity index (χ0) is 49.4. The lowest BCUT2D eigenvalue weighted by atomic mass is 9.97. The summed E-state index contributed by atoms with van der Waals surface area (Å²) in [5.41, 5.74) is 18.3. The van der Waals surface area contributed by atoms with E-state index in [1.807, 2.05) is 48.5 Å². The minimum atomic E-state index is 0.582. The van der Waals surface area contributed by atoms with Crippen LogP contribution in [0, 0.1) is 0 Å². The molecular formula is C69H42N4O2. The molecule has 75 heavy (non-hydrogen) atoms. The van der Waals surface area contributed by atoms with Crippen molar-refractivity contribution in [3.63, 3.8) is 0 Å². The normalized spacial score (nSPS) is 11.7. The minimum Gasteiger partial charge on any atom is -0.456 e. The van der Waals surface area contributed by atoms with Gasteiger partial charge in [0, 0.05) is 49.0 Å². The Bertz CT molecular complexity index is 4690. The van der Waals surface area contributed by atoms with E-state index in [9.17, 15) is 0 Å². The van der Waals surface area contributed by atoms with E-state index in [1.54, 1.807) is 0 Å². The Hall–Kier alpha value is -10.2. The molecule has 0 saturated heterocycles. The molecule has 0 aliphatic carbocycles. The van der Waals surface area contributed by atoms with Crippen LogP contribution in [-0.2, 0) is 0 Å². The summed E-state index contributed by atoms with van der Waals surface area (Å²) in [7, 11) is 0. The van der Waals surface area contributed by atoms with Crippen molar-refractivity contribution >= 4 is 65.7 Å². The van der Waals surface area contributed by atoms with Gasteiger partial charge in [-0.1, -0.05) is 194 Å². The molecule has 11 aromatic carbocycles. The lowest BCUT2D eigenvalue weighted by molar-refractivity contribution is 0.666. The molecule has 0 saturated carbocycles. The predicted molar refractivity (Wildman–Crippen MR) is 307 cm³/mol. The average molecular weight is 959 g/mol. The minimum absolute atomic E-state index is 0.582. The van der Waals surface area contributed by atoms with E-state index >= 15 is 0 Å². The van der Waals surface area contributed by atoms with Crippen molar-refractivity contribution < 1.29 is 8.83 Å². The second-order valence-corrected chi connectivity index (χ2v) is 19.1. The molecule has 0 spiro atoms. The number of benzene rings is 11. The van der Waals surface area contributed by atoms with Gasteiger partial charge in [-0.05, 0) is 105 Å². The number of rotatable bonds is 8. The molecule has 15 aromatic rings. The molecule has 0 N–H and O–H groups in total. The Balaban J connectivity index is 0.785. The molecule has 0 atom stereocenters. The van der Waals surface area contributed by atoms with Crippen LogP contribution in [0.3, 0.4) is 0 Å². The van der Waals surface area contributed by atoms with E-state index in [0.717, 1.165) is 111 Å². The summed E-state index contributed by atoms with van der Waals surface area (Å²) >= 11 is 0. The van der Waals surface area contributed by atoms with Crippen molar-refractivity contribution in [1.82, 2.24) is 19.5 Å². The predicted octanol–water partition coefficient (Wildman–Crippen LogP) is 18.4. The second-order valence-electron chi connectivity index (χ2n) is 19.1. The van der Waals surface area contributed by atoms with Gasteiger partial charge in [0.2, 0.25) is 0 Å². The van der Waals surface area contributed by atoms with Gasteiger partial charge in [-0.15, -0.1) is 0 Å². The van der Waals surface area contributed by atoms with E-state index in [0.29, 0.717) is 17.5 Å². The van der Waals surface area contributed by atoms with Crippen molar-refractivity contribution in [3.05, 3.63) is 255 Å². The van der Waals surface area contributed by atoms with Crippen LogP contribution in [0.5, 0.6) is 0 Å². The van der Waals surface area contributed by atoms with Crippen LogP contribution in [0.15, 0.2) is 264 Å². The molecule has 6 heteroatoms. The summed E-state index contributed by atoms with van der Waals surface area (Å²) in [5, 5.41) is 6.51. The Morgan fingerprint density at radius 2 is 0.773 bits per heavy atom. The molecule has 15 rings (SSSR count). The lowest BCUT2D eigenvalue weighted by Gasteiger charge is -2.10. The zero-order valence-corrected chi connectivity index (χ0v) is 40.4. The molecule has 4 aromatic heterocycles. The summed E-state index contributed by atoms with van der Waals surface area (Å²) in [4.78, 5) is 15.3. The van der Waals surface area contributed by atoms with Crippen molar-refractivity contribution in [3.8, 4) is 84.4 Å². The van der Waals surface area contributed by atoms with Gasteiger partial charge >= 0.3 is 0 Å². The molecule has 0 aliphatic rings. The molecule has 0 radical (unpaired) electrons. The van der Waals surface area contributed by atoms with E-state index in [4.69, 9.17) is 23.8 Å². The fraction of sp³-hybridized carbons (Fsp3) is 0. The second kappa shape index (κ2) is 17.3. The van der Waals surface area contributed by atoms with Crippen LogP contribution < -0.4 is 0 Å². The average Bonchev–Trinajstić information content (AvgIpc) is 4.22. The Morgan fingerprint density at radius 3 is 1.55 bits per heavy atom. The van der Waals surface area contributed by atoms with E-state index < -0.39 is 0 Å². The third-order valence-electron chi connectivity index (χ3n) is 14.7. The van der Waals surface area contributed by atoms with Crippen LogP contribution in [-0.4, -0.2) is 19.5 Å². The Kier molecular flexibility index (Phi) is 9.78. The fourth-order valence-corrected chi connectivity index (χ4v) is 11.0. The van der Waals surface area contributed by atoms with Gasteiger partial charge in [0.15, 0.2) is 23.1 Å². The first-order valence-electron chi connectivity index (χ1n) is 25.2. The molecular weight excluding hydrogens is 917 g/mol. The molecule has 0 aliphatic heterocycles. The maximum atomic E-state index is 6.81. The molecule has 4 heterocycles. The molecule has 0 bridgehead atoms. The molecule has 0 unspecified atom stereocenters. The Labute approximate surface area is 431 Å². The number of hydrogen-bond acceptors (Lipinski definition) is 5. The summed E-state index contributed by atoms with van der Waals surface area (Å²) < 4.78 is 15.8. The quantitative estimate of drug-likeness (QED) is 0.152. The topological polar surface area (TPSA) is 69.9 Å². The number of fused-ring (bicyclic) bond motifs is 9. The summed E-state index contributed by atoms with van der Waals surface area (Å²) in [6, 6.07) is 89.3. The smallest absolute Gasteiger partial charge is 0.164 e. The standard InChI is InChI=1S/C69H42N4O2/c1-4-15-43(16-5-1)45-29-31-47(32-30-45)68-70-67(46-19-8-3-9-20-46)71-69(72-68)56-25-14-28-63-65(56)55-36-33-52(42-64(55)74-63)49-22-12-21-48(39-49)51-35-38-62-58(41-51)54-24-13-27-61(66(54)75-62)73-59-26-11-10-23-53(59)57-40-50(34-37-60(57)73)44-17-6-2-7-18-44/h1-42H. The SMILES string of the molecule is c1ccc(-c2ccc(-c3nc(-c4ccccc4)nc(-c4cccc5oc6cc(-c7cccc(-c8ccc9oc%10c(-n%11c%12ccccc%12c%12cc(-c%13ccccc%13)ccc%12%11)cccc%10c9c8)c7)ccc6c45)n3)cc2)cc1. The first-order chi connectivity index (χ1) is 37.1. The maximum absolute atomic E-state index is 6.81. The van der Waals surface area contributed by atoms with Crippen molar-refractivity contribution in [2.24, 2.45) is 0 Å². The highest BCUT2D eigenvalue weighted by atomic mass is 16.3. The monoisotopic (exact) mass is 958 g/mol. The molecule has 350 valence electrons. The zero-order valence-electron chi connectivity index (χ0n) is 40.4. The van der Waals surface area contributed by atoms with Gasteiger partial charge in [0.1, 0.15) is 16.7 Å². The summed E-state index contributed by atoms with van der Waals surface area (Å²) in [6.07, 6.45) is 0. The van der Waals surface area contributed by atoms with Gasteiger partial charge < -0.3 is 13.4 Å². The molecule has 0 amide bonds. The highest BCUT2D eigenvalue weighted by molar-refractivity contribution is 6.15. The van der Waals surface area contributed by atoms with E-state index in [1.165, 1.54) is 21.9 Å². The van der Waals surface area contributed by atoms with E-state index in [-0.39, 0.29) is 0 Å². The van der Waals surface area contributed by atoms with Crippen LogP contribution >= 0.6 is 0 Å². The first-order valence-corrected chi connectivity index (χ1v) is 25.2. The van der Waals surface area contributed by atoms with Crippen molar-refractivity contribution in [2.45, 2.75) is 0 Å². The highest BCUT2D eigenvalue weighted by Gasteiger charge is 2.21. The van der Waals surface area contributed by atoms with Gasteiger partial charge in [-0.3, -0.25) is 0 Å². The van der Waals surface area contributed by atoms with Crippen LogP contribution in [0.4, 0.5) is 0 Å². The van der Waals surface area contributed by atoms with Gasteiger partial charge in [0.25, 0.3) is 0 Å². The number of para-hydroxylation sites is 2. The third-order valence-corrected chi connectivity index (χ3v) is 14.7. The fourth-order valence-electron chi connectivity index (χ4n) is 11.0. The molecule has 0 fully saturated rings. The van der Waals surface area contributed by atoms with Gasteiger partial charge in [0.05, 0.1) is 16.7 Å². The number of aromatic nitrogens is 4. The van der Waals surface area contributed by atoms with Crippen molar-refractivity contribution in [1.29, 1.82) is 0 Å². The largest absolute Gasteiger partial charge is 0.456 e. The Morgan fingerprint density at radius 1 is 0.267 bits per heavy atom. The number of furan rings is 2. The molecule has 6 nitrogen and oxygen atoms in total. The van der Waals surface area contributed by atoms with Crippen LogP contribution in [0.25, 0.3) is 150 Å². The summed E-state index contributed by atoms with van der Waals surface area (Å²) in [5.74, 6) is 1.79. The van der Waals surface area contributed by atoms with Crippen LogP contribution in [0.1, 0.15) is 0 Å². The first kappa shape index (κ1) is 42.5. The van der Waals surface area contributed by atoms with Crippen molar-refractivity contribution in [2.75, 3.05) is 0 Å². The highest BCUT2D eigenvalue weighted by Crippen LogP contribution is 2.42. The summed E-state index contributed by atoms with van der Waals surface area (Å²) in [6.45, 7) is 0. The number of nitrogens with zero attached hydrogens (tertiary/aromatic N) is 4. The maximum Gasteiger partial charge on any atom is 0.164 e. The van der Waals surface area contributed by atoms with Gasteiger partial charge in [-0.2, -0.15) is 0 Å². The van der Waals surface area contributed by atoms with E-state index in [2.05, 4.69) is 211 Å².